The summed E-state index contributed by atoms with van der Waals surface area (Å²) < 4.78 is 27.6. The van der Waals surface area contributed by atoms with E-state index in [0.29, 0.717) is 18.4 Å². The number of carboxylic acid groups (broad SMARTS) is 1. The fourth-order valence-electron chi connectivity index (χ4n) is 2.48. The third kappa shape index (κ3) is 4.28. The predicted octanol–water partition coefficient (Wildman–Crippen LogP) is 5.37. The second-order valence-corrected chi connectivity index (χ2v) is 6.61. The Balaban J connectivity index is 1.97. The van der Waals surface area contributed by atoms with Crippen LogP contribution < -0.4 is 0 Å². The molecule has 0 saturated carbocycles. The molecule has 1 aromatic heterocycles. The van der Waals surface area contributed by atoms with Gasteiger partial charge in [0.25, 0.3) is 0 Å². The first kappa shape index (κ1) is 17.2. The molecule has 6 heteroatoms. The van der Waals surface area contributed by atoms with Gasteiger partial charge >= 0.3 is 5.97 Å². The van der Waals surface area contributed by atoms with Gasteiger partial charge in [-0.2, -0.15) is 0 Å². The normalized spacial score (nSPS) is 11.8. The third-order valence-corrected chi connectivity index (χ3v) is 4.80. The van der Waals surface area contributed by atoms with Crippen molar-refractivity contribution >= 4 is 39.2 Å². The van der Waals surface area contributed by atoms with E-state index in [-0.39, 0.29) is 6.42 Å². The Bertz CT molecular complexity index is 917. The molecule has 0 aliphatic carbocycles. The number of thiazole rings is 1. The largest absolute Gasteiger partial charge is 0.481 e. The Labute approximate surface area is 147 Å². The fraction of sp³-hybridized carbons (Fsp3) is 0.158. The molecule has 0 atom stereocenters. The van der Waals surface area contributed by atoms with Crippen LogP contribution in [0.15, 0.2) is 42.5 Å². The number of para-hydroxylation sites is 1. The molecule has 2 aromatic carbocycles. The summed E-state index contributed by atoms with van der Waals surface area (Å²) in [5.41, 5.74) is 2.19. The van der Waals surface area contributed by atoms with Crippen molar-refractivity contribution in [3.05, 3.63) is 64.7 Å². The molecule has 25 heavy (non-hydrogen) atoms. The molecule has 1 heterocycles. The molecular formula is C19H15F2NO2S. The molecule has 3 nitrogen and oxygen atoms in total. The number of aromatic nitrogens is 1. The predicted molar refractivity (Wildman–Crippen MR) is 95.3 cm³/mol. The van der Waals surface area contributed by atoms with Crippen molar-refractivity contribution in [3.8, 4) is 0 Å². The van der Waals surface area contributed by atoms with Gasteiger partial charge in [-0.25, -0.2) is 13.8 Å². The minimum atomic E-state index is -0.914. The Kier molecular flexibility index (Phi) is 5.19. The van der Waals surface area contributed by atoms with E-state index < -0.39 is 17.6 Å². The first-order valence-electron chi connectivity index (χ1n) is 7.76. The van der Waals surface area contributed by atoms with Gasteiger partial charge in [0.15, 0.2) is 11.6 Å². The van der Waals surface area contributed by atoms with Crippen LogP contribution >= 0.6 is 11.3 Å². The monoisotopic (exact) mass is 359 g/mol. The molecule has 0 aliphatic rings. The van der Waals surface area contributed by atoms with Crippen molar-refractivity contribution in [1.29, 1.82) is 0 Å². The molecule has 0 amide bonds. The topological polar surface area (TPSA) is 50.2 Å². The number of hydrogen-bond acceptors (Lipinski definition) is 3. The highest BCUT2D eigenvalue weighted by atomic mass is 32.1. The minimum Gasteiger partial charge on any atom is -0.481 e. The van der Waals surface area contributed by atoms with Gasteiger partial charge in [-0.05, 0) is 54.3 Å². The van der Waals surface area contributed by atoms with Gasteiger partial charge in [-0.3, -0.25) is 4.79 Å². The van der Waals surface area contributed by atoms with Crippen LogP contribution in [-0.2, 0) is 4.79 Å². The number of halogens is 2. The van der Waals surface area contributed by atoms with Gasteiger partial charge in [0, 0.05) is 6.42 Å². The summed E-state index contributed by atoms with van der Waals surface area (Å²) in [5.74, 6) is -2.68. The third-order valence-electron chi connectivity index (χ3n) is 3.69. The smallest absolute Gasteiger partial charge is 0.303 e. The molecule has 128 valence electrons. The van der Waals surface area contributed by atoms with E-state index in [1.54, 1.807) is 6.08 Å². The summed E-state index contributed by atoms with van der Waals surface area (Å²) in [6.07, 6.45) is 2.72. The summed E-state index contributed by atoms with van der Waals surface area (Å²) in [6.45, 7) is 0. The van der Waals surface area contributed by atoms with E-state index in [2.05, 4.69) is 4.98 Å². The van der Waals surface area contributed by atoms with E-state index in [1.165, 1.54) is 17.4 Å². The summed E-state index contributed by atoms with van der Waals surface area (Å²) in [5, 5.41) is 9.60. The van der Waals surface area contributed by atoms with Gasteiger partial charge < -0.3 is 5.11 Å². The van der Waals surface area contributed by atoms with Gasteiger partial charge in [0.05, 0.1) is 10.2 Å². The van der Waals surface area contributed by atoms with Gasteiger partial charge in [0.2, 0.25) is 0 Å². The number of aliphatic carboxylic acids is 1. The fourth-order valence-corrected chi connectivity index (χ4v) is 3.49. The van der Waals surface area contributed by atoms with E-state index in [1.807, 2.05) is 24.3 Å². The van der Waals surface area contributed by atoms with Crippen molar-refractivity contribution in [2.75, 3.05) is 0 Å². The molecule has 0 bridgehead atoms. The van der Waals surface area contributed by atoms with Crippen LogP contribution in [0.25, 0.3) is 21.9 Å². The summed E-state index contributed by atoms with van der Waals surface area (Å²) in [7, 11) is 0. The van der Waals surface area contributed by atoms with E-state index in [0.717, 1.165) is 32.9 Å². The molecule has 1 N–H and O–H groups in total. The second-order valence-electron chi connectivity index (χ2n) is 5.58. The zero-order valence-corrected chi connectivity index (χ0v) is 14.0. The maximum Gasteiger partial charge on any atom is 0.303 e. The van der Waals surface area contributed by atoms with E-state index >= 15 is 0 Å². The molecule has 0 radical (unpaired) electrons. The van der Waals surface area contributed by atoms with Crippen molar-refractivity contribution < 1.29 is 18.7 Å². The molecule has 3 rings (SSSR count). The Morgan fingerprint density at radius 1 is 1.12 bits per heavy atom. The van der Waals surface area contributed by atoms with E-state index in [4.69, 9.17) is 5.11 Å². The summed E-state index contributed by atoms with van der Waals surface area (Å²) in [4.78, 5) is 15.4. The average Bonchev–Trinajstić information content (AvgIpc) is 3.01. The lowest BCUT2D eigenvalue weighted by Gasteiger charge is -2.04. The highest BCUT2D eigenvalue weighted by molar-refractivity contribution is 7.19. The van der Waals surface area contributed by atoms with Crippen LogP contribution in [-0.4, -0.2) is 16.1 Å². The highest BCUT2D eigenvalue weighted by Crippen LogP contribution is 2.31. The molecule has 0 fully saturated rings. The second kappa shape index (κ2) is 7.53. The summed E-state index contributed by atoms with van der Waals surface area (Å²) >= 11 is 1.50. The number of fused-ring (bicyclic) bond motifs is 1. The SMILES string of the molecule is O=C(O)CCC/C(=C\c1ccc(F)c(F)c1)c1nc2ccccc2s1. The van der Waals surface area contributed by atoms with E-state index in [9.17, 15) is 13.6 Å². The van der Waals surface area contributed by atoms with Crippen LogP contribution in [0.2, 0.25) is 0 Å². The number of allylic oxidation sites excluding steroid dienone is 1. The Hall–Kier alpha value is -2.60. The quantitative estimate of drug-likeness (QED) is 0.644. The Morgan fingerprint density at radius 2 is 1.92 bits per heavy atom. The van der Waals surface area contributed by atoms with Gasteiger partial charge in [-0.1, -0.05) is 18.2 Å². The van der Waals surface area contributed by atoms with Gasteiger partial charge in [-0.15, -0.1) is 11.3 Å². The number of benzene rings is 2. The molecule has 0 saturated heterocycles. The van der Waals surface area contributed by atoms with Crippen LogP contribution in [0.5, 0.6) is 0 Å². The molecule has 0 unspecified atom stereocenters. The number of carboxylic acids is 1. The van der Waals surface area contributed by atoms with Crippen LogP contribution in [0.4, 0.5) is 8.78 Å². The molecular weight excluding hydrogens is 344 g/mol. The summed E-state index contributed by atoms with van der Waals surface area (Å²) in [6, 6.07) is 11.4. The van der Waals surface area contributed by atoms with Crippen molar-refractivity contribution in [3.63, 3.8) is 0 Å². The maximum atomic E-state index is 13.5. The first-order chi connectivity index (χ1) is 12.0. The lowest BCUT2D eigenvalue weighted by atomic mass is 10.1. The molecule has 0 aliphatic heterocycles. The average molecular weight is 359 g/mol. The van der Waals surface area contributed by atoms with Crippen molar-refractivity contribution in [2.24, 2.45) is 0 Å². The van der Waals surface area contributed by atoms with Crippen molar-refractivity contribution in [1.82, 2.24) is 4.98 Å². The van der Waals surface area contributed by atoms with Crippen LogP contribution in [0, 0.1) is 11.6 Å². The zero-order chi connectivity index (χ0) is 17.8. The Morgan fingerprint density at radius 3 is 2.64 bits per heavy atom. The van der Waals surface area contributed by atoms with Crippen LogP contribution in [0.3, 0.4) is 0 Å². The van der Waals surface area contributed by atoms with Gasteiger partial charge in [0.1, 0.15) is 5.01 Å². The highest BCUT2D eigenvalue weighted by Gasteiger charge is 2.11. The number of rotatable bonds is 6. The lowest BCUT2D eigenvalue weighted by Crippen LogP contribution is -1.95. The molecule has 3 aromatic rings. The lowest BCUT2D eigenvalue weighted by molar-refractivity contribution is -0.137. The number of nitrogens with zero attached hydrogens (tertiary/aromatic N) is 1. The first-order valence-corrected chi connectivity index (χ1v) is 8.58. The maximum absolute atomic E-state index is 13.5. The zero-order valence-electron chi connectivity index (χ0n) is 13.2. The minimum absolute atomic E-state index is 0.0417. The van der Waals surface area contributed by atoms with Crippen LogP contribution in [0.1, 0.15) is 29.8 Å². The number of carbonyl (C=O) groups is 1. The van der Waals surface area contributed by atoms with Crippen molar-refractivity contribution in [2.45, 2.75) is 19.3 Å². The molecule has 0 spiro atoms. The standard InChI is InChI=1S/C19H15F2NO2S/c20-14-9-8-12(11-15(14)21)10-13(4-3-7-18(23)24)19-22-16-5-1-2-6-17(16)25-19/h1-2,5-6,8-11H,3-4,7H2,(H,23,24)/b13-10+. The number of hydrogen-bond donors (Lipinski definition) is 1.